The predicted molar refractivity (Wildman–Crippen MR) is 71.4 cm³/mol. The largest absolute Gasteiger partial charge is 0.433 e. The molecule has 0 radical (unpaired) electrons. The summed E-state index contributed by atoms with van der Waals surface area (Å²) < 4.78 is 28.5. The van der Waals surface area contributed by atoms with E-state index in [1.54, 1.807) is 6.92 Å². The van der Waals surface area contributed by atoms with E-state index in [-0.39, 0.29) is 23.0 Å². The number of hydrogen-bond acceptors (Lipinski definition) is 3. The van der Waals surface area contributed by atoms with Crippen molar-refractivity contribution in [2.24, 2.45) is 0 Å². The van der Waals surface area contributed by atoms with Crippen LogP contribution in [0.4, 0.5) is 19.3 Å². The zero-order chi connectivity index (χ0) is 15.3. The maximum Gasteiger partial charge on any atom is 0.387 e. The molecule has 0 bridgehead atoms. The van der Waals surface area contributed by atoms with Gasteiger partial charge in [-0.1, -0.05) is 11.6 Å². The van der Waals surface area contributed by atoms with Gasteiger partial charge < -0.3 is 20.1 Å². The number of carbonyl (C=O) groups is 1. The average molecular weight is 309 g/mol. The Hall–Kier alpha value is -1.60. The number of nitrogens with zero attached hydrogens (tertiary/aromatic N) is 1. The molecule has 1 aromatic carbocycles. The number of amides is 2. The van der Waals surface area contributed by atoms with Crippen LogP contribution in [0.5, 0.6) is 5.75 Å². The number of aliphatic hydroxyl groups is 1. The molecule has 0 fully saturated rings. The Morgan fingerprint density at radius 2 is 2.20 bits per heavy atom. The number of anilines is 1. The van der Waals surface area contributed by atoms with Crippen LogP contribution in [0, 0.1) is 0 Å². The highest BCUT2D eigenvalue weighted by atomic mass is 35.5. The monoisotopic (exact) mass is 308 g/mol. The van der Waals surface area contributed by atoms with Crippen molar-refractivity contribution in [1.82, 2.24) is 4.90 Å². The highest BCUT2D eigenvalue weighted by molar-refractivity contribution is 6.32. The second kappa shape index (κ2) is 7.25. The second-order valence-electron chi connectivity index (χ2n) is 4.18. The molecule has 1 atom stereocenters. The molecule has 20 heavy (non-hydrogen) atoms. The minimum atomic E-state index is -3.00. The van der Waals surface area contributed by atoms with Crippen LogP contribution in [0.3, 0.4) is 0 Å². The molecule has 1 aromatic rings. The topological polar surface area (TPSA) is 61.8 Å². The molecule has 0 saturated carbocycles. The SMILES string of the molecule is CC(O)CN(C)C(=O)Nc1ccc(Cl)c(OC(F)F)c1. The summed E-state index contributed by atoms with van der Waals surface area (Å²) in [5, 5.41) is 11.7. The van der Waals surface area contributed by atoms with E-state index in [2.05, 4.69) is 10.1 Å². The van der Waals surface area contributed by atoms with Gasteiger partial charge in [0, 0.05) is 25.3 Å². The first kappa shape index (κ1) is 16.5. The number of ether oxygens (including phenoxy) is 1. The van der Waals surface area contributed by atoms with Crippen LogP contribution >= 0.6 is 11.6 Å². The van der Waals surface area contributed by atoms with Gasteiger partial charge in [-0.15, -0.1) is 0 Å². The van der Waals surface area contributed by atoms with Gasteiger partial charge in [0.05, 0.1) is 11.1 Å². The van der Waals surface area contributed by atoms with Crippen molar-refractivity contribution < 1.29 is 23.4 Å². The summed E-state index contributed by atoms with van der Waals surface area (Å²) >= 11 is 5.69. The van der Waals surface area contributed by atoms with Gasteiger partial charge in [-0.05, 0) is 19.1 Å². The fraction of sp³-hybridized carbons (Fsp3) is 0.417. The van der Waals surface area contributed by atoms with Gasteiger partial charge in [-0.3, -0.25) is 0 Å². The maximum absolute atomic E-state index is 12.2. The zero-order valence-corrected chi connectivity index (χ0v) is 11.7. The van der Waals surface area contributed by atoms with Gasteiger partial charge in [0.25, 0.3) is 0 Å². The lowest BCUT2D eigenvalue weighted by Crippen LogP contribution is -2.36. The molecular weight excluding hydrogens is 294 g/mol. The highest BCUT2D eigenvalue weighted by Crippen LogP contribution is 2.29. The first-order valence-electron chi connectivity index (χ1n) is 5.74. The summed E-state index contributed by atoms with van der Waals surface area (Å²) in [4.78, 5) is 13.0. The van der Waals surface area contributed by atoms with E-state index in [9.17, 15) is 18.7 Å². The predicted octanol–water partition coefficient (Wildman–Crippen LogP) is 2.79. The third-order valence-electron chi connectivity index (χ3n) is 2.28. The Balaban J connectivity index is 2.75. The summed E-state index contributed by atoms with van der Waals surface area (Å²) in [7, 11) is 1.49. The number of aliphatic hydroxyl groups excluding tert-OH is 1. The number of benzene rings is 1. The molecule has 0 spiro atoms. The number of alkyl halides is 2. The summed E-state index contributed by atoms with van der Waals surface area (Å²) in [5.41, 5.74) is 0.257. The molecule has 1 rings (SSSR count). The Labute approximate surface area is 120 Å². The molecule has 112 valence electrons. The molecule has 0 heterocycles. The Bertz CT molecular complexity index is 472. The standard InChI is InChI=1S/C12H15ClF2N2O3/c1-7(18)6-17(2)12(19)16-8-3-4-9(13)10(5-8)20-11(14)15/h3-5,7,11,18H,6H2,1-2H3,(H,16,19). The van der Waals surface area contributed by atoms with Gasteiger partial charge in [0.1, 0.15) is 5.75 Å². The molecule has 8 heteroatoms. The maximum atomic E-state index is 12.2. The molecule has 0 aliphatic heterocycles. The van der Waals surface area contributed by atoms with E-state index < -0.39 is 18.7 Å². The van der Waals surface area contributed by atoms with E-state index in [0.717, 1.165) is 0 Å². The van der Waals surface area contributed by atoms with Crippen LogP contribution in [0.1, 0.15) is 6.92 Å². The third kappa shape index (κ3) is 5.18. The van der Waals surface area contributed by atoms with Gasteiger partial charge in [0.2, 0.25) is 0 Å². The first-order valence-corrected chi connectivity index (χ1v) is 6.12. The zero-order valence-electron chi connectivity index (χ0n) is 10.9. The van der Waals surface area contributed by atoms with Gasteiger partial charge in [-0.2, -0.15) is 8.78 Å². The van der Waals surface area contributed by atoms with Crippen LogP contribution in [0.15, 0.2) is 18.2 Å². The van der Waals surface area contributed by atoms with Crippen molar-refractivity contribution in [3.8, 4) is 5.75 Å². The molecule has 0 aromatic heterocycles. The molecule has 2 N–H and O–H groups in total. The summed E-state index contributed by atoms with van der Waals surface area (Å²) in [6, 6.07) is 3.50. The molecule has 0 aliphatic rings. The van der Waals surface area contributed by atoms with Crippen molar-refractivity contribution in [2.75, 3.05) is 18.9 Å². The van der Waals surface area contributed by atoms with Crippen LogP contribution in [-0.2, 0) is 0 Å². The first-order chi connectivity index (χ1) is 9.29. The number of halogens is 3. The summed E-state index contributed by atoms with van der Waals surface area (Å²) in [5.74, 6) is -0.224. The Morgan fingerprint density at radius 1 is 1.55 bits per heavy atom. The lowest BCUT2D eigenvalue weighted by molar-refractivity contribution is -0.0497. The quantitative estimate of drug-likeness (QED) is 0.879. The fourth-order valence-electron chi connectivity index (χ4n) is 1.47. The van der Waals surface area contributed by atoms with E-state index in [0.29, 0.717) is 0 Å². The van der Waals surface area contributed by atoms with E-state index >= 15 is 0 Å². The van der Waals surface area contributed by atoms with Crippen molar-refractivity contribution >= 4 is 23.3 Å². The lowest BCUT2D eigenvalue weighted by Gasteiger charge is -2.19. The molecule has 2 amide bonds. The molecule has 0 saturated heterocycles. The van der Waals surface area contributed by atoms with Gasteiger partial charge in [-0.25, -0.2) is 4.79 Å². The number of carbonyl (C=O) groups excluding carboxylic acids is 1. The van der Waals surface area contributed by atoms with Gasteiger partial charge in [0.15, 0.2) is 0 Å². The van der Waals surface area contributed by atoms with Crippen molar-refractivity contribution in [3.63, 3.8) is 0 Å². The average Bonchev–Trinajstić information content (AvgIpc) is 2.31. The normalized spacial score (nSPS) is 12.2. The number of likely N-dealkylation sites (N-methyl/N-ethyl adjacent to an activating group) is 1. The van der Waals surface area contributed by atoms with Crippen LogP contribution in [-0.4, -0.2) is 42.3 Å². The summed E-state index contributed by atoms with van der Waals surface area (Å²) in [6.07, 6.45) is -0.673. The van der Waals surface area contributed by atoms with E-state index in [4.69, 9.17) is 11.6 Å². The fourth-order valence-corrected chi connectivity index (χ4v) is 1.63. The second-order valence-corrected chi connectivity index (χ2v) is 4.59. The number of urea groups is 1. The highest BCUT2D eigenvalue weighted by Gasteiger charge is 2.13. The summed E-state index contributed by atoms with van der Waals surface area (Å²) in [6.45, 7) is -1.32. The Morgan fingerprint density at radius 3 is 2.75 bits per heavy atom. The number of nitrogens with one attached hydrogen (secondary N) is 1. The van der Waals surface area contributed by atoms with Crippen LogP contribution in [0.2, 0.25) is 5.02 Å². The number of rotatable bonds is 5. The van der Waals surface area contributed by atoms with Crippen LogP contribution in [0.25, 0.3) is 0 Å². The third-order valence-corrected chi connectivity index (χ3v) is 2.60. The van der Waals surface area contributed by atoms with E-state index in [1.807, 2.05) is 0 Å². The van der Waals surface area contributed by atoms with Gasteiger partial charge >= 0.3 is 12.6 Å². The Kier molecular flexibility index (Phi) is 5.97. The van der Waals surface area contributed by atoms with Crippen molar-refractivity contribution in [2.45, 2.75) is 19.6 Å². The molecule has 0 aliphatic carbocycles. The smallest absolute Gasteiger partial charge is 0.387 e. The molecule has 1 unspecified atom stereocenters. The van der Waals surface area contributed by atoms with E-state index in [1.165, 1.54) is 30.1 Å². The molecular formula is C12H15ClF2N2O3. The van der Waals surface area contributed by atoms with Crippen molar-refractivity contribution in [3.05, 3.63) is 23.2 Å². The minimum Gasteiger partial charge on any atom is -0.433 e. The number of hydrogen-bond donors (Lipinski definition) is 2. The lowest BCUT2D eigenvalue weighted by atomic mass is 10.3. The van der Waals surface area contributed by atoms with Crippen molar-refractivity contribution in [1.29, 1.82) is 0 Å². The molecule has 5 nitrogen and oxygen atoms in total. The minimum absolute atomic E-state index is 0.0145. The van der Waals surface area contributed by atoms with Crippen LogP contribution < -0.4 is 10.1 Å².